The number of allylic oxidation sites excluding steroid dienone is 2. The third-order valence-electron chi connectivity index (χ3n) is 3.86. The summed E-state index contributed by atoms with van der Waals surface area (Å²) < 4.78 is 0. The van der Waals surface area contributed by atoms with Gasteiger partial charge in [0.15, 0.2) is 0 Å². The number of benzene rings is 2. The summed E-state index contributed by atoms with van der Waals surface area (Å²) in [6.45, 7) is 5.01. The number of carbonyl (C=O) groups excluding carboxylic acids is 1. The standard InChI is InChI=1S/C21H21NO/c1-16(2)15-22-20-14-7-6-12-18(20)19(21(22)23)13-8-11-17-9-4-3-5-10-17/h3-14,16H,15H2,1-2H3/b11-8+,19-13-. The number of rotatable bonds is 4. The summed E-state index contributed by atoms with van der Waals surface area (Å²) in [5.41, 5.74) is 3.94. The Bertz CT molecular complexity index is 756. The van der Waals surface area contributed by atoms with Crippen LogP contribution >= 0.6 is 0 Å². The zero-order chi connectivity index (χ0) is 16.2. The first kappa shape index (κ1) is 15.3. The largest absolute Gasteiger partial charge is 0.307 e. The molecule has 1 amide bonds. The summed E-state index contributed by atoms with van der Waals surface area (Å²) in [6, 6.07) is 18.1. The van der Waals surface area contributed by atoms with Crippen molar-refractivity contribution in [2.24, 2.45) is 5.92 Å². The Morgan fingerprint density at radius 2 is 1.70 bits per heavy atom. The van der Waals surface area contributed by atoms with Crippen LogP contribution in [0.1, 0.15) is 25.0 Å². The molecule has 0 bridgehead atoms. The Labute approximate surface area is 137 Å². The second-order valence-electron chi connectivity index (χ2n) is 6.18. The highest BCUT2D eigenvalue weighted by Gasteiger charge is 2.31. The molecule has 1 heterocycles. The topological polar surface area (TPSA) is 20.3 Å². The van der Waals surface area contributed by atoms with Gasteiger partial charge in [0.1, 0.15) is 0 Å². The van der Waals surface area contributed by atoms with Crippen molar-refractivity contribution >= 4 is 23.2 Å². The van der Waals surface area contributed by atoms with Crippen molar-refractivity contribution < 1.29 is 4.79 Å². The first-order chi connectivity index (χ1) is 11.2. The van der Waals surface area contributed by atoms with Crippen LogP contribution in [0.3, 0.4) is 0 Å². The molecule has 3 rings (SSSR count). The Kier molecular flexibility index (Phi) is 4.42. The molecule has 2 nitrogen and oxygen atoms in total. The molecule has 0 unspecified atom stereocenters. The Balaban J connectivity index is 1.92. The molecular weight excluding hydrogens is 282 g/mol. The van der Waals surface area contributed by atoms with Gasteiger partial charge in [-0.25, -0.2) is 0 Å². The number of nitrogens with zero attached hydrogens (tertiary/aromatic N) is 1. The molecule has 0 radical (unpaired) electrons. The van der Waals surface area contributed by atoms with Crippen LogP contribution in [0.25, 0.3) is 11.6 Å². The zero-order valence-electron chi connectivity index (χ0n) is 13.6. The number of hydrogen-bond acceptors (Lipinski definition) is 1. The van der Waals surface area contributed by atoms with Gasteiger partial charge in [-0.05, 0) is 23.6 Å². The molecule has 0 N–H and O–H groups in total. The van der Waals surface area contributed by atoms with E-state index in [9.17, 15) is 4.79 Å². The minimum atomic E-state index is 0.0950. The predicted molar refractivity (Wildman–Crippen MR) is 97.1 cm³/mol. The van der Waals surface area contributed by atoms with Crippen LogP contribution < -0.4 is 4.90 Å². The highest BCUT2D eigenvalue weighted by Crippen LogP contribution is 2.36. The smallest absolute Gasteiger partial charge is 0.258 e. The molecule has 0 fully saturated rings. The first-order valence-electron chi connectivity index (χ1n) is 8.01. The van der Waals surface area contributed by atoms with Crippen molar-refractivity contribution in [2.75, 3.05) is 11.4 Å². The molecule has 23 heavy (non-hydrogen) atoms. The monoisotopic (exact) mass is 303 g/mol. The highest BCUT2D eigenvalue weighted by atomic mass is 16.2. The maximum Gasteiger partial charge on any atom is 0.258 e. The van der Waals surface area contributed by atoms with Crippen molar-refractivity contribution in [3.05, 3.63) is 77.9 Å². The van der Waals surface area contributed by atoms with Gasteiger partial charge in [0, 0.05) is 17.7 Å². The lowest BCUT2D eigenvalue weighted by Gasteiger charge is -2.19. The van der Waals surface area contributed by atoms with Gasteiger partial charge in [-0.15, -0.1) is 0 Å². The highest BCUT2D eigenvalue weighted by molar-refractivity contribution is 6.32. The Hall–Kier alpha value is -2.61. The molecule has 0 aliphatic carbocycles. The van der Waals surface area contributed by atoms with Gasteiger partial charge >= 0.3 is 0 Å². The second kappa shape index (κ2) is 6.66. The van der Waals surface area contributed by atoms with Crippen molar-refractivity contribution in [1.82, 2.24) is 0 Å². The van der Waals surface area contributed by atoms with E-state index in [4.69, 9.17) is 0 Å². The lowest BCUT2D eigenvalue weighted by atomic mass is 10.1. The van der Waals surface area contributed by atoms with Crippen LogP contribution in [0, 0.1) is 5.92 Å². The SMILES string of the molecule is CC(C)CN1C(=O)/C(=C\C=C\c2ccccc2)c2ccccc21. The van der Waals surface area contributed by atoms with Crippen LogP contribution in [0.15, 0.2) is 66.7 Å². The fourth-order valence-electron chi connectivity index (χ4n) is 2.83. The number of para-hydroxylation sites is 1. The molecule has 0 atom stereocenters. The average Bonchev–Trinajstić information content (AvgIpc) is 2.81. The Morgan fingerprint density at radius 3 is 2.43 bits per heavy atom. The van der Waals surface area contributed by atoms with E-state index in [1.165, 1.54) is 0 Å². The van der Waals surface area contributed by atoms with E-state index in [1.54, 1.807) is 0 Å². The molecule has 0 aromatic heterocycles. The van der Waals surface area contributed by atoms with Crippen molar-refractivity contribution in [3.8, 4) is 0 Å². The summed E-state index contributed by atoms with van der Waals surface area (Å²) >= 11 is 0. The molecule has 0 saturated heterocycles. The van der Waals surface area contributed by atoms with E-state index in [0.29, 0.717) is 5.92 Å². The molecule has 116 valence electrons. The minimum Gasteiger partial charge on any atom is -0.307 e. The molecular formula is C21H21NO. The van der Waals surface area contributed by atoms with Gasteiger partial charge in [0.05, 0.1) is 5.69 Å². The molecule has 2 aromatic carbocycles. The van der Waals surface area contributed by atoms with Gasteiger partial charge in [-0.2, -0.15) is 0 Å². The molecule has 1 aliphatic heterocycles. The fraction of sp³-hybridized carbons (Fsp3) is 0.190. The van der Waals surface area contributed by atoms with Gasteiger partial charge in [0.25, 0.3) is 5.91 Å². The van der Waals surface area contributed by atoms with Crippen molar-refractivity contribution in [2.45, 2.75) is 13.8 Å². The number of fused-ring (bicyclic) bond motifs is 1. The van der Waals surface area contributed by atoms with Crippen LogP contribution in [0.2, 0.25) is 0 Å². The first-order valence-corrected chi connectivity index (χ1v) is 8.01. The van der Waals surface area contributed by atoms with Crippen molar-refractivity contribution in [1.29, 1.82) is 0 Å². The third kappa shape index (κ3) is 3.26. The van der Waals surface area contributed by atoms with Gasteiger partial charge in [0.2, 0.25) is 0 Å². The van der Waals surface area contributed by atoms with E-state index in [1.807, 2.05) is 77.7 Å². The molecule has 2 aromatic rings. The lowest BCUT2D eigenvalue weighted by Crippen LogP contribution is -2.30. The van der Waals surface area contributed by atoms with E-state index in [0.717, 1.165) is 28.9 Å². The average molecular weight is 303 g/mol. The quantitative estimate of drug-likeness (QED) is 0.744. The number of carbonyl (C=O) groups is 1. The van der Waals surface area contributed by atoms with Crippen LogP contribution in [-0.4, -0.2) is 12.5 Å². The van der Waals surface area contributed by atoms with Gasteiger partial charge in [-0.1, -0.05) is 74.5 Å². The van der Waals surface area contributed by atoms with Gasteiger partial charge < -0.3 is 4.90 Å². The summed E-state index contributed by atoms with van der Waals surface area (Å²) in [5.74, 6) is 0.531. The second-order valence-corrected chi connectivity index (χ2v) is 6.18. The molecule has 2 heteroatoms. The van der Waals surface area contributed by atoms with Gasteiger partial charge in [-0.3, -0.25) is 4.79 Å². The summed E-state index contributed by atoms with van der Waals surface area (Å²) in [5, 5.41) is 0. The maximum atomic E-state index is 12.8. The minimum absolute atomic E-state index is 0.0950. The van der Waals surface area contributed by atoms with E-state index < -0.39 is 0 Å². The summed E-state index contributed by atoms with van der Waals surface area (Å²) in [7, 11) is 0. The van der Waals surface area contributed by atoms with Crippen LogP contribution in [0.4, 0.5) is 5.69 Å². The lowest BCUT2D eigenvalue weighted by molar-refractivity contribution is -0.113. The van der Waals surface area contributed by atoms with E-state index in [-0.39, 0.29) is 5.91 Å². The maximum absolute atomic E-state index is 12.8. The van der Waals surface area contributed by atoms with Crippen LogP contribution in [0.5, 0.6) is 0 Å². The van der Waals surface area contributed by atoms with Crippen LogP contribution in [-0.2, 0) is 4.79 Å². The number of amides is 1. The molecule has 0 saturated carbocycles. The van der Waals surface area contributed by atoms with Crippen molar-refractivity contribution in [3.63, 3.8) is 0 Å². The number of anilines is 1. The molecule has 1 aliphatic rings. The summed E-state index contributed by atoms with van der Waals surface area (Å²) in [4.78, 5) is 14.7. The Morgan fingerprint density at radius 1 is 1.00 bits per heavy atom. The zero-order valence-corrected chi connectivity index (χ0v) is 13.6. The fourth-order valence-corrected chi connectivity index (χ4v) is 2.83. The molecule has 0 spiro atoms. The van der Waals surface area contributed by atoms with E-state index >= 15 is 0 Å². The predicted octanol–water partition coefficient (Wildman–Crippen LogP) is 4.79. The van der Waals surface area contributed by atoms with E-state index in [2.05, 4.69) is 13.8 Å². The normalized spacial score (nSPS) is 15.9. The number of hydrogen-bond donors (Lipinski definition) is 0. The third-order valence-corrected chi connectivity index (χ3v) is 3.86. The summed E-state index contributed by atoms with van der Waals surface area (Å²) in [6.07, 6.45) is 5.90.